The van der Waals surface area contributed by atoms with Crippen molar-refractivity contribution < 1.29 is 24.7 Å². The first kappa shape index (κ1) is 17.5. The summed E-state index contributed by atoms with van der Waals surface area (Å²) in [6.07, 6.45) is 1.57. The number of carbonyl (C=O) groups is 3. The summed E-state index contributed by atoms with van der Waals surface area (Å²) in [6.45, 7) is 0.317. The first-order chi connectivity index (χ1) is 11.5. The highest BCUT2D eigenvalue weighted by Gasteiger charge is 2.24. The van der Waals surface area contributed by atoms with Gasteiger partial charge < -0.3 is 15.4 Å². The van der Waals surface area contributed by atoms with E-state index in [1.165, 1.54) is 5.48 Å². The molecule has 128 valence electrons. The van der Waals surface area contributed by atoms with Gasteiger partial charge in [-0.2, -0.15) is 0 Å². The van der Waals surface area contributed by atoms with Gasteiger partial charge in [-0.1, -0.05) is 18.2 Å². The number of carbonyl (C=O) groups excluding carboxylic acids is 2. The molecule has 1 aromatic carbocycles. The van der Waals surface area contributed by atoms with Gasteiger partial charge in [0.15, 0.2) is 0 Å². The fourth-order valence-electron chi connectivity index (χ4n) is 2.54. The lowest BCUT2D eigenvalue weighted by Crippen LogP contribution is -2.36. The second kappa shape index (κ2) is 8.11. The van der Waals surface area contributed by atoms with Crippen molar-refractivity contribution in [2.24, 2.45) is 5.92 Å². The van der Waals surface area contributed by atoms with Crippen LogP contribution in [0, 0.1) is 5.92 Å². The molecular weight excluding hydrogens is 314 g/mol. The topological polar surface area (TPSA) is 132 Å². The fraction of sp³-hybridized carbons (Fsp3) is 0.312. The maximum absolute atomic E-state index is 12.1. The first-order valence-corrected chi connectivity index (χ1v) is 7.48. The predicted octanol–water partition coefficient (Wildman–Crippen LogP) is 0.813. The highest BCUT2D eigenvalue weighted by molar-refractivity contribution is 5.88. The van der Waals surface area contributed by atoms with E-state index in [4.69, 9.17) is 10.3 Å². The molecule has 2 aromatic rings. The first-order valence-electron chi connectivity index (χ1n) is 7.48. The molecule has 8 heteroatoms. The predicted molar refractivity (Wildman–Crippen MR) is 85.3 cm³/mol. The molecule has 0 saturated heterocycles. The van der Waals surface area contributed by atoms with E-state index in [9.17, 15) is 14.4 Å². The number of fused-ring (bicyclic) bond motifs is 1. The molecule has 1 heterocycles. The summed E-state index contributed by atoms with van der Waals surface area (Å²) in [6, 6.07) is 7.78. The number of H-pyrrole nitrogens is 1. The number of hydrogen-bond donors (Lipinski definition) is 5. The van der Waals surface area contributed by atoms with E-state index in [1.807, 2.05) is 30.5 Å². The van der Waals surface area contributed by atoms with E-state index in [2.05, 4.69) is 10.3 Å². The number of carboxylic acids is 1. The minimum atomic E-state index is -1.18. The SMILES string of the molecule is O=C(O)CC(CC(=O)NO)C(=O)NCCc1c[nH]c2ccccc12. The van der Waals surface area contributed by atoms with Gasteiger partial charge in [-0.05, 0) is 18.1 Å². The zero-order valence-corrected chi connectivity index (χ0v) is 12.9. The van der Waals surface area contributed by atoms with Crippen LogP contribution in [0.4, 0.5) is 0 Å². The van der Waals surface area contributed by atoms with Gasteiger partial charge in [-0.15, -0.1) is 0 Å². The molecule has 0 fully saturated rings. The number of amides is 2. The van der Waals surface area contributed by atoms with Crippen LogP contribution in [0.5, 0.6) is 0 Å². The summed E-state index contributed by atoms with van der Waals surface area (Å²) in [7, 11) is 0. The second-order valence-corrected chi connectivity index (χ2v) is 5.43. The Bertz CT molecular complexity index is 740. The Hall–Kier alpha value is -2.87. The Morgan fingerprint density at radius 2 is 1.92 bits per heavy atom. The number of hydrogen-bond acceptors (Lipinski definition) is 4. The molecule has 1 aromatic heterocycles. The smallest absolute Gasteiger partial charge is 0.304 e. The van der Waals surface area contributed by atoms with E-state index < -0.39 is 30.1 Å². The van der Waals surface area contributed by atoms with E-state index in [1.54, 1.807) is 0 Å². The summed E-state index contributed by atoms with van der Waals surface area (Å²) in [5.74, 6) is -3.54. The molecule has 0 spiro atoms. The number of hydroxylamine groups is 1. The van der Waals surface area contributed by atoms with Crippen molar-refractivity contribution in [1.29, 1.82) is 0 Å². The zero-order valence-electron chi connectivity index (χ0n) is 12.9. The third-order valence-corrected chi connectivity index (χ3v) is 3.72. The molecule has 1 unspecified atom stereocenters. The van der Waals surface area contributed by atoms with Crippen LogP contribution in [0.15, 0.2) is 30.5 Å². The zero-order chi connectivity index (χ0) is 17.5. The van der Waals surface area contributed by atoms with E-state index in [0.717, 1.165) is 16.5 Å². The van der Waals surface area contributed by atoms with Crippen LogP contribution < -0.4 is 10.8 Å². The van der Waals surface area contributed by atoms with Gasteiger partial charge in [-0.3, -0.25) is 19.6 Å². The highest BCUT2D eigenvalue weighted by atomic mass is 16.5. The molecule has 2 rings (SSSR count). The lowest BCUT2D eigenvalue weighted by Gasteiger charge is -2.13. The van der Waals surface area contributed by atoms with Crippen molar-refractivity contribution in [2.45, 2.75) is 19.3 Å². The summed E-state index contributed by atoms with van der Waals surface area (Å²) in [5, 5.41) is 21.1. The van der Waals surface area contributed by atoms with Crippen LogP contribution in [0.2, 0.25) is 0 Å². The minimum Gasteiger partial charge on any atom is -0.481 e. The van der Waals surface area contributed by atoms with Crippen molar-refractivity contribution >= 4 is 28.7 Å². The number of aromatic amines is 1. The maximum atomic E-state index is 12.1. The van der Waals surface area contributed by atoms with Gasteiger partial charge >= 0.3 is 5.97 Å². The van der Waals surface area contributed by atoms with Gasteiger partial charge in [-0.25, -0.2) is 5.48 Å². The summed E-state index contributed by atoms with van der Waals surface area (Å²) < 4.78 is 0. The Labute approximate surface area is 137 Å². The summed E-state index contributed by atoms with van der Waals surface area (Å²) in [5.41, 5.74) is 3.44. The molecule has 0 aliphatic carbocycles. The molecule has 0 aliphatic rings. The number of aromatic nitrogens is 1. The number of benzene rings is 1. The quantitative estimate of drug-likeness (QED) is 0.360. The molecule has 5 N–H and O–H groups in total. The van der Waals surface area contributed by atoms with Crippen LogP contribution in [0.1, 0.15) is 18.4 Å². The molecule has 0 bridgehead atoms. The Kier molecular flexibility index (Phi) is 5.91. The van der Waals surface area contributed by atoms with Crippen LogP contribution in [-0.4, -0.2) is 39.6 Å². The molecule has 2 amide bonds. The lowest BCUT2D eigenvalue weighted by molar-refractivity contribution is -0.142. The van der Waals surface area contributed by atoms with Gasteiger partial charge in [0, 0.05) is 30.1 Å². The largest absolute Gasteiger partial charge is 0.481 e. The summed E-state index contributed by atoms with van der Waals surface area (Å²) >= 11 is 0. The number of nitrogens with one attached hydrogen (secondary N) is 3. The Morgan fingerprint density at radius 1 is 1.17 bits per heavy atom. The standard InChI is InChI=1S/C16H19N3O5/c20-14(19-24)7-11(8-15(21)22)16(23)17-6-5-10-9-18-13-4-2-1-3-12(10)13/h1-4,9,11,18,24H,5-8H2,(H,17,23)(H,19,20)(H,21,22). The van der Waals surface area contributed by atoms with Crippen LogP contribution >= 0.6 is 0 Å². The van der Waals surface area contributed by atoms with E-state index >= 15 is 0 Å². The van der Waals surface area contributed by atoms with Crippen molar-refractivity contribution in [2.75, 3.05) is 6.54 Å². The van der Waals surface area contributed by atoms with E-state index in [-0.39, 0.29) is 6.42 Å². The van der Waals surface area contributed by atoms with Crippen molar-refractivity contribution in [3.05, 3.63) is 36.0 Å². The molecule has 0 radical (unpaired) electrons. The normalized spacial score (nSPS) is 11.9. The molecule has 0 saturated carbocycles. The Balaban J connectivity index is 1.92. The van der Waals surface area contributed by atoms with E-state index in [0.29, 0.717) is 13.0 Å². The van der Waals surface area contributed by atoms with Crippen molar-refractivity contribution in [3.8, 4) is 0 Å². The van der Waals surface area contributed by atoms with Crippen LogP contribution in [0.25, 0.3) is 10.9 Å². The minimum absolute atomic E-state index is 0.317. The molecule has 8 nitrogen and oxygen atoms in total. The average Bonchev–Trinajstić information content (AvgIpc) is 2.97. The second-order valence-electron chi connectivity index (χ2n) is 5.43. The van der Waals surface area contributed by atoms with Gasteiger partial charge in [0.05, 0.1) is 12.3 Å². The van der Waals surface area contributed by atoms with Gasteiger partial charge in [0.1, 0.15) is 0 Å². The monoisotopic (exact) mass is 333 g/mol. The lowest BCUT2D eigenvalue weighted by atomic mass is 10.00. The fourth-order valence-corrected chi connectivity index (χ4v) is 2.54. The number of para-hydroxylation sites is 1. The van der Waals surface area contributed by atoms with Gasteiger partial charge in [0.25, 0.3) is 0 Å². The molecule has 24 heavy (non-hydrogen) atoms. The average molecular weight is 333 g/mol. The third-order valence-electron chi connectivity index (χ3n) is 3.72. The molecular formula is C16H19N3O5. The third kappa shape index (κ3) is 4.56. The van der Waals surface area contributed by atoms with Crippen LogP contribution in [-0.2, 0) is 20.8 Å². The van der Waals surface area contributed by atoms with Crippen molar-refractivity contribution in [3.63, 3.8) is 0 Å². The van der Waals surface area contributed by atoms with Crippen LogP contribution in [0.3, 0.4) is 0 Å². The number of aliphatic carboxylic acids is 1. The number of rotatable bonds is 8. The molecule has 0 aliphatic heterocycles. The highest BCUT2D eigenvalue weighted by Crippen LogP contribution is 2.17. The Morgan fingerprint density at radius 3 is 2.62 bits per heavy atom. The maximum Gasteiger partial charge on any atom is 0.304 e. The van der Waals surface area contributed by atoms with Gasteiger partial charge in [0.2, 0.25) is 11.8 Å². The summed E-state index contributed by atoms with van der Waals surface area (Å²) in [4.78, 5) is 37.2. The molecule has 1 atom stereocenters. The van der Waals surface area contributed by atoms with Crippen molar-refractivity contribution in [1.82, 2.24) is 15.8 Å². The number of carboxylic acid groups (broad SMARTS) is 1.